The predicted molar refractivity (Wildman–Crippen MR) is 94.5 cm³/mol. The number of benzene rings is 1. The summed E-state index contributed by atoms with van der Waals surface area (Å²) in [5.41, 5.74) is 4.69. The second-order valence-corrected chi connectivity index (χ2v) is 6.48. The van der Waals surface area contributed by atoms with Crippen molar-refractivity contribution in [2.75, 3.05) is 33.4 Å². The molecule has 2 aromatic rings. The summed E-state index contributed by atoms with van der Waals surface area (Å²) >= 11 is 0. The van der Waals surface area contributed by atoms with Gasteiger partial charge in [0.1, 0.15) is 0 Å². The van der Waals surface area contributed by atoms with Crippen LogP contribution in [-0.4, -0.2) is 54.2 Å². The second-order valence-electron chi connectivity index (χ2n) is 6.48. The summed E-state index contributed by atoms with van der Waals surface area (Å²) in [5.74, 6) is 0. The van der Waals surface area contributed by atoms with Gasteiger partial charge < -0.3 is 9.47 Å². The number of hydrogen-bond acceptors (Lipinski definition) is 4. The van der Waals surface area contributed by atoms with Crippen LogP contribution >= 0.6 is 0 Å². The predicted octanol–water partition coefficient (Wildman–Crippen LogP) is 2.73. The first kappa shape index (κ1) is 17.1. The van der Waals surface area contributed by atoms with Gasteiger partial charge in [0, 0.05) is 39.0 Å². The molecule has 3 rings (SSSR count). The van der Waals surface area contributed by atoms with E-state index in [1.165, 1.54) is 16.9 Å². The maximum Gasteiger partial charge on any atom is 0.0724 e. The molecule has 0 unspecified atom stereocenters. The average Bonchev–Trinajstić information content (AvgIpc) is 2.92. The van der Waals surface area contributed by atoms with Gasteiger partial charge in [-0.15, -0.1) is 0 Å². The Morgan fingerprint density at radius 3 is 2.88 bits per heavy atom. The van der Waals surface area contributed by atoms with Crippen molar-refractivity contribution in [3.8, 4) is 5.69 Å². The van der Waals surface area contributed by atoms with Crippen LogP contribution in [0.5, 0.6) is 0 Å². The highest BCUT2D eigenvalue weighted by Gasteiger charge is 2.21. The van der Waals surface area contributed by atoms with Crippen molar-refractivity contribution >= 4 is 0 Å². The van der Waals surface area contributed by atoms with Gasteiger partial charge >= 0.3 is 0 Å². The third-order valence-corrected chi connectivity index (χ3v) is 4.49. The van der Waals surface area contributed by atoms with Crippen molar-refractivity contribution in [1.29, 1.82) is 0 Å². The number of aromatic nitrogens is 2. The van der Waals surface area contributed by atoms with Crippen LogP contribution in [0.2, 0.25) is 0 Å². The van der Waals surface area contributed by atoms with Gasteiger partial charge in [-0.05, 0) is 38.0 Å². The van der Waals surface area contributed by atoms with Crippen LogP contribution < -0.4 is 0 Å². The maximum atomic E-state index is 5.85. The molecule has 1 aliphatic rings. The van der Waals surface area contributed by atoms with Crippen molar-refractivity contribution in [2.24, 2.45) is 0 Å². The Labute approximate surface area is 144 Å². The van der Waals surface area contributed by atoms with Gasteiger partial charge in [-0.2, -0.15) is 5.10 Å². The number of para-hydroxylation sites is 1. The second kappa shape index (κ2) is 7.92. The van der Waals surface area contributed by atoms with E-state index < -0.39 is 0 Å². The van der Waals surface area contributed by atoms with E-state index in [1.807, 2.05) is 11.6 Å². The van der Waals surface area contributed by atoms with Crippen LogP contribution in [0.25, 0.3) is 5.69 Å². The van der Waals surface area contributed by atoms with Gasteiger partial charge in [0.05, 0.1) is 24.1 Å². The van der Waals surface area contributed by atoms with Gasteiger partial charge in [0.15, 0.2) is 0 Å². The van der Waals surface area contributed by atoms with Gasteiger partial charge in [0.25, 0.3) is 0 Å². The maximum absolute atomic E-state index is 5.85. The van der Waals surface area contributed by atoms with Crippen LogP contribution in [-0.2, 0) is 16.0 Å². The third kappa shape index (κ3) is 4.04. The molecular weight excluding hydrogens is 302 g/mol. The highest BCUT2D eigenvalue weighted by Crippen LogP contribution is 2.20. The fraction of sp³-hybridized carbons (Fsp3) is 0.526. The summed E-state index contributed by atoms with van der Waals surface area (Å²) < 4.78 is 13.1. The number of morpholine rings is 1. The first-order chi connectivity index (χ1) is 11.7. The zero-order chi connectivity index (χ0) is 16.9. The van der Waals surface area contributed by atoms with Crippen molar-refractivity contribution in [3.05, 3.63) is 47.3 Å². The summed E-state index contributed by atoms with van der Waals surface area (Å²) in [6.45, 7) is 8.52. The first-order valence-corrected chi connectivity index (χ1v) is 8.62. The highest BCUT2D eigenvalue weighted by atomic mass is 16.5. The number of nitrogens with zero attached hydrogens (tertiary/aromatic N) is 3. The van der Waals surface area contributed by atoms with Crippen LogP contribution in [0.1, 0.15) is 23.4 Å². The number of rotatable bonds is 6. The lowest BCUT2D eigenvalue weighted by molar-refractivity contribution is -0.0432. The number of aryl methyl sites for hydroxylation is 2. The lowest BCUT2D eigenvalue weighted by atomic mass is 10.1. The molecule has 0 spiro atoms. The Kier molecular flexibility index (Phi) is 5.66. The minimum atomic E-state index is 0.263. The van der Waals surface area contributed by atoms with Crippen LogP contribution in [0.4, 0.5) is 0 Å². The lowest BCUT2D eigenvalue weighted by Gasteiger charge is -2.33. The van der Waals surface area contributed by atoms with E-state index in [0.717, 1.165) is 45.0 Å². The molecule has 1 aromatic heterocycles. The topological polar surface area (TPSA) is 39.5 Å². The fourth-order valence-electron chi connectivity index (χ4n) is 3.31. The van der Waals surface area contributed by atoms with Gasteiger partial charge in [0.2, 0.25) is 0 Å². The molecule has 0 saturated carbocycles. The van der Waals surface area contributed by atoms with E-state index >= 15 is 0 Å². The first-order valence-electron chi connectivity index (χ1n) is 8.62. The number of methoxy groups -OCH3 is 1. The van der Waals surface area contributed by atoms with Crippen molar-refractivity contribution in [3.63, 3.8) is 0 Å². The molecule has 1 saturated heterocycles. The molecule has 2 heterocycles. The summed E-state index contributed by atoms with van der Waals surface area (Å²) in [7, 11) is 1.74. The normalized spacial score (nSPS) is 18.9. The van der Waals surface area contributed by atoms with Gasteiger partial charge in [-0.1, -0.05) is 18.2 Å². The highest BCUT2D eigenvalue weighted by molar-refractivity contribution is 5.41. The Balaban J connectivity index is 1.75. The standard InChI is InChI=1S/C19H27N3O2/c1-15-12-16(2)22(20-15)19-7-5-4-6-17(19)13-21-9-11-24-18(14-21)8-10-23-3/h4-7,12,18H,8-11,13-14H2,1-3H3/t18-/m0/s1. The minimum Gasteiger partial charge on any atom is -0.385 e. The number of ether oxygens (including phenoxy) is 2. The molecular formula is C19H27N3O2. The van der Waals surface area contributed by atoms with E-state index in [9.17, 15) is 0 Å². The van der Waals surface area contributed by atoms with E-state index in [1.54, 1.807) is 7.11 Å². The molecule has 0 radical (unpaired) electrons. The van der Waals surface area contributed by atoms with Gasteiger partial charge in [-0.3, -0.25) is 4.90 Å². The summed E-state index contributed by atoms with van der Waals surface area (Å²) in [5, 5.41) is 4.65. The molecule has 1 atom stereocenters. The molecule has 0 bridgehead atoms. The third-order valence-electron chi connectivity index (χ3n) is 4.49. The van der Waals surface area contributed by atoms with Crippen molar-refractivity contribution in [1.82, 2.24) is 14.7 Å². The largest absolute Gasteiger partial charge is 0.385 e. The molecule has 130 valence electrons. The van der Waals surface area contributed by atoms with Crippen LogP contribution in [0.15, 0.2) is 30.3 Å². The zero-order valence-corrected chi connectivity index (χ0v) is 14.9. The smallest absolute Gasteiger partial charge is 0.0724 e. The molecule has 1 aliphatic heterocycles. The molecule has 0 amide bonds. The SMILES string of the molecule is COCC[C@H]1CN(Cc2ccccc2-n2nc(C)cc2C)CCO1. The van der Waals surface area contributed by atoms with E-state index in [-0.39, 0.29) is 6.10 Å². The minimum absolute atomic E-state index is 0.263. The Bertz CT molecular complexity index is 668. The average molecular weight is 329 g/mol. The van der Waals surface area contributed by atoms with Crippen LogP contribution in [0.3, 0.4) is 0 Å². The van der Waals surface area contributed by atoms with Gasteiger partial charge in [-0.25, -0.2) is 4.68 Å². The Morgan fingerprint density at radius 1 is 1.29 bits per heavy atom. The summed E-state index contributed by atoms with van der Waals surface area (Å²) in [6, 6.07) is 10.7. The molecule has 1 aromatic carbocycles. The molecule has 1 fully saturated rings. The van der Waals surface area contributed by atoms with E-state index in [4.69, 9.17) is 9.47 Å². The van der Waals surface area contributed by atoms with Crippen molar-refractivity contribution in [2.45, 2.75) is 32.9 Å². The summed E-state index contributed by atoms with van der Waals surface area (Å²) in [6.07, 6.45) is 1.21. The fourth-order valence-corrected chi connectivity index (χ4v) is 3.31. The lowest BCUT2D eigenvalue weighted by Crippen LogP contribution is -2.42. The quantitative estimate of drug-likeness (QED) is 0.817. The molecule has 5 nitrogen and oxygen atoms in total. The molecule has 0 N–H and O–H groups in total. The Hall–Kier alpha value is -1.69. The summed E-state index contributed by atoms with van der Waals surface area (Å²) in [4.78, 5) is 2.47. The molecule has 0 aliphatic carbocycles. The Morgan fingerprint density at radius 2 is 2.12 bits per heavy atom. The monoisotopic (exact) mass is 329 g/mol. The van der Waals surface area contributed by atoms with E-state index in [2.05, 4.69) is 47.3 Å². The van der Waals surface area contributed by atoms with Crippen molar-refractivity contribution < 1.29 is 9.47 Å². The van der Waals surface area contributed by atoms with E-state index in [0.29, 0.717) is 0 Å². The number of hydrogen-bond donors (Lipinski definition) is 0. The molecule has 5 heteroatoms. The zero-order valence-electron chi connectivity index (χ0n) is 14.9. The van der Waals surface area contributed by atoms with Crippen LogP contribution in [0, 0.1) is 13.8 Å². The molecule has 24 heavy (non-hydrogen) atoms.